The van der Waals surface area contributed by atoms with E-state index in [0.717, 1.165) is 0 Å². The van der Waals surface area contributed by atoms with Gasteiger partial charge in [0.05, 0.1) is 31.3 Å². The van der Waals surface area contributed by atoms with Gasteiger partial charge in [-0.3, -0.25) is 15.6 Å². The SMILES string of the molecule is CN[C@@H]1[C@@H](O)[C@@H](O[C@H]2[C@H](NC(=O)C3(O)CC(NC(=N)N)C3)C[C@H](N)C(O[C@H]3OC(CN)=CC[C@H]3NC(=N)N)[C@@H]2O)OC[C@]1(C)O. The van der Waals surface area contributed by atoms with Gasteiger partial charge in [0.25, 0.3) is 5.91 Å². The molecule has 0 aromatic rings. The Morgan fingerprint density at radius 1 is 1.04 bits per heavy atom. The number of hydrogen-bond acceptors (Lipinski definition) is 14. The summed E-state index contributed by atoms with van der Waals surface area (Å²) in [6.07, 6.45) is -5.75. The van der Waals surface area contributed by atoms with Crippen LogP contribution in [0.5, 0.6) is 0 Å². The molecule has 19 nitrogen and oxygen atoms in total. The molecule has 3 fully saturated rings. The standard InChI is InChI=1S/C26H48N10O9/c1-25(40)9-42-21(16(38)19(25)33-2)45-18-14(35-22(39)26(41)6-10(7-26)34-23(29)30)5-12(28)17(15(18)37)44-20-13(36-24(31)32)4-3-11(8-27)43-20/h3,10,12-21,33,37-38,40-41H,4-9,27-28H2,1-2H3,(H,35,39)(H4,29,30,34)(H4,31,32,36)/t10?,12-,13+,14+,15-,16+,17?,18-,19+,20+,21+,25-,26?/m0/s1. The quantitative estimate of drug-likeness (QED) is 0.0777. The zero-order valence-corrected chi connectivity index (χ0v) is 25.3. The third-order valence-electron chi connectivity index (χ3n) is 8.75. The van der Waals surface area contributed by atoms with E-state index in [4.69, 9.17) is 52.7 Å². The predicted octanol–water partition coefficient (Wildman–Crippen LogP) is -5.79. The van der Waals surface area contributed by atoms with Crippen molar-refractivity contribution in [1.29, 1.82) is 10.8 Å². The van der Waals surface area contributed by atoms with E-state index < -0.39 is 78.3 Å². The Morgan fingerprint density at radius 2 is 1.69 bits per heavy atom. The molecule has 0 aromatic heterocycles. The van der Waals surface area contributed by atoms with E-state index in [9.17, 15) is 25.2 Å². The van der Waals surface area contributed by atoms with Crippen LogP contribution in [0.1, 0.15) is 32.6 Å². The molecule has 1 saturated heterocycles. The first kappa shape index (κ1) is 35.0. The number of likely N-dealkylation sites (N-methyl/N-ethyl adjacent to an activating group) is 1. The van der Waals surface area contributed by atoms with Crippen molar-refractivity contribution in [3.63, 3.8) is 0 Å². The molecule has 19 heteroatoms. The summed E-state index contributed by atoms with van der Waals surface area (Å²) >= 11 is 0. The normalized spacial score (nSPS) is 43.2. The molecule has 4 aliphatic rings. The van der Waals surface area contributed by atoms with Crippen LogP contribution in [0.15, 0.2) is 11.8 Å². The summed E-state index contributed by atoms with van der Waals surface area (Å²) in [6, 6.07) is -3.75. The summed E-state index contributed by atoms with van der Waals surface area (Å²) in [7, 11) is 1.55. The van der Waals surface area contributed by atoms with E-state index >= 15 is 0 Å². The van der Waals surface area contributed by atoms with Crippen LogP contribution in [0.3, 0.4) is 0 Å². The molecule has 4 rings (SSSR count). The van der Waals surface area contributed by atoms with Crippen LogP contribution in [-0.4, -0.2) is 137 Å². The van der Waals surface area contributed by atoms with Crippen molar-refractivity contribution in [3.05, 3.63) is 11.8 Å². The van der Waals surface area contributed by atoms with Gasteiger partial charge >= 0.3 is 0 Å². The molecule has 18 N–H and O–H groups in total. The van der Waals surface area contributed by atoms with Crippen LogP contribution < -0.4 is 44.2 Å². The summed E-state index contributed by atoms with van der Waals surface area (Å²) in [6.45, 7) is 1.35. The minimum absolute atomic E-state index is 0.00354. The van der Waals surface area contributed by atoms with Crippen molar-refractivity contribution in [2.24, 2.45) is 22.9 Å². The molecule has 2 aliphatic heterocycles. The fourth-order valence-corrected chi connectivity index (χ4v) is 6.41. The topological polar surface area (TPSA) is 335 Å². The third kappa shape index (κ3) is 7.76. The monoisotopic (exact) mass is 644 g/mol. The third-order valence-corrected chi connectivity index (χ3v) is 8.75. The summed E-state index contributed by atoms with van der Waals surface area (Å²) in [5.74, 6) is -0.937. The van der Waals surface area contributed by atoms with Crippen molar-refractivity contribution < 1.29 is 44.2 Å². The second-order valence-electron chi connectivity index (χ2n) is 12.4. The van der Waals surface area contributed by atoms with Crippen LogP contribution in [-0.2, 0) is 23.7 Å². The Morgan fingerprint density at radius 3 is 2.29 bits per heavy atom. The Hall–Kier alpha value is -2.85. The number of aliphatic hydroxyl groups excluding tert-OH is 2. The van der Waals surface area contributed by atoms with E-state index in [1.165, 1.54) is 6.92 Å². The second kappa shape index (κ2) is 13.9. The number of ether oxygens (including phenoxy) is 4. The highest BCUT2D eigenvalue weighted by molar-refractivity contribution is 5.87. The summed E-state index contributed by atoms with van der Waals surface area (Å²) in [5, 5.41) is 70.3. The molecule has 0 aromatic carbocycles. The highest BCUT2D eigenvalue weighted by atomic mass is 16.7. The second-order valence-corrected chi connectivity index (χ2v) is 12.4. The number of rotatable bonds is 10. The van der Waals surface area contributed by atoms with Gasteiger partial charge in [-0.05, 0) is 32.9 Å². The molecule has 1 amide bonds. The number of nitrogens with two attached hydrogens (primary N) is 4. The van der Waals surface area contributed by atoms with Crippen molar-refractivity contribution in [2.45, 2.75) is 111 Å². The van der Waals surface area contributed by atoms with Gasteiger partial charge < -0.3 is 83.6 Å². The number of carbonyl (C=O) groups is 1. The highest BCUT2D eigenvalue weighted by Crippen LogP contribution is 2.35. The molecular formula is C26H48N10O9. The number of guanidine groups is 2. The number of aliphatic hydroxyl groups is 4. The predicted molar refractivity (Wildman–Crippen MR) is 158 cm³/mol. The first-order valence-electron chi connectivity index (χ1n) is 14.8. The maximum absolute atomic E-state index is 13.3. The average Bonchev–Trinajstić information content (AvgIpc) is 2.93. The van der Waals surface area contributed by atoms with E-state index in [1.807, 2.05) is 0 Å². The molecule has 0 bridgehead atoms. The van der Waals surface area contributed by atoms with Crippen LogP contribution in [0.2, 0.25) is 0 Å². The molecule has 1 unspecified atom stereocenters. The van der Waals surface area contributed by atoms with Crippen LogP contribution >= 0.6 is 0 Å². The maximum Gasteiger partial charge on any atom is 0.252 e. The molecule has 0 spiro atoms. The molecule has 2 aliphatic carbocycles. The molecule has 45 heavy (non-hydrogen) atoms. The summed E-state index contributed by atoms with van der Waals surface area (Å²) < 4.78 is 23.8. The van der Waals surface area contributed by atoms with Gasteiger partial charge in [0, 0.05) is 24.9 Å². The van der Waals surface area contributed by atoms with Crippen LogP contribution in [0.4, 0.5) is 0 Å². The van der Waals surface area contributed by atoms with E-state index in [-0.39, 0.29) is 50.4 Å². The Bertz CT molecular complexity index is 1120. The maximum atomic E-state index is 13.3. The lowest BCUT2D eigenvalue weighted by Crippen LogP contribution is -2.71. The van der Waals surface area contributed by atoms with Crippen molar-refractivity contribution in [3.8, 4) is 0 Å². The fraction of sp³-hybridized carbons (Fsp3) is 0.808. The van der Waals surface area contributed by atoms with E-state index in [2.05, 4.69) is 21.3 Å². The first-order chi connectivity index (χ1) is 21.1. The van der Waals surface area contributed by atoms with Crippen LogP contribution in [0, 0.1) is 10.8 Å². The van der Waals surface area contributed by atoms with Gasteiger partial charge in [-0.1, -0.05) is 0 Å². The first-order valence-corrected chi connectivity index (χ1v) is 14.8. The lowest BCUT2D eigenvalue weighted by atomic mass is 9.74. The summed E-state index contributed by atoms with van der Waals surface area (Å²) in [4.78, 5) is 13.3. The molecule has 11 atom stereocenters. The number of nitrogens with one attached hydrogen (secondary N) is 6. The van der Waals surface area contributed by atoms with E-state index in [1.54, 1.807) is 13.1 Å². The van der Waals surface area contributed by atoms with Gasteiger partial charge in [0.2, 0.25) is 6.29 Å². The smallest absolute Gasteiger partial charge is 0.252 e. The van der Waals surface area contributed by atoms with Gasteiger partial charge in [-0.2, -0.15) is 0 Å². The fourth-order valence-electron chi connectivity index (χ4n) is 6.41. The Kier molecular flexibility index (Phi) is 10.8. The van der Waals surface area contributed by atoms with Gasteiger partial charge in [0.15, 0.2) is 18.2 Å². The van der Waals surface area contributed by atoms with Gasteiger partial charge in [0.1, 0.15) is 41.4 Å². The van der Waals surface area contributed by atoms with Gasteiger partial charge in [-0.15, -0.1) is 0 Å². The zero-order chi connectivity index (χ0) is 33.3. The molecule has 2 saturated carbocycles. The lowest BCUT2D eigenvalue weighted by molar-refractivity contribution is -0.304. The van der Waals surface area contributed by atoms with Gasteiger partial charge in [-0.25, -0.2) is 0 Å². The molecule has 0 radical (unpaired) electrons. The number of amides is 1. The van der Waals surface area contributed by atoms with Crippen molar-refractivity contribution in [2.75, 3.05) is 20.2 Å². The summed E-state index contributed by atoms with van der Waals surface area (Å²) in [5.41, 5.74) is 19.9. The number of hydrogen-bond donors (Lipinski definition) is 14. The highest BCUT2D eigenvalue weighted by Gasteiger charge is 2.54. The lowest BCUT2D eigenvalue weighted by Gasteiger charge is -2.49. The van der Waals surface area contributed by atoms with Crippen molar-refractivity contribution >= 4 is 17.8 Å². The molecule has 256 valence electrons. The molecule has 2 heterocycles. The van der Waals surface area contributed by atoms with E-state index in [0.29, 0.717) is 12.2 Å². The zero-order valence-electron chi connectivity index (χ0n) is 25.3. The minimum Gasteiger partial charge on any atom is -0.466 e. The average molecular weight is 645 g/mol. The Labute approximate surface area is 260 Å². The molecular weight excluding hydrogens is 596 g/mol. The van der Waals surface area contributed by atoms with Crippen molar-refractivity contribution in [1.82, 2.24) is 21.3 Å². The number of carbonyl (C=O) groups excluding carboxylic acids is 1. The Balaban J connectivity index is 1.56. The minimum atomic E-state index is -1.77. The van der Waals surface area contributed by atoms with Crippen LogP contribution in [0.25, 0.3) is 0 Å². The largest absolute Gasteiger partial charge is 0.466 e.